The number of halogens is 2. The monoisotopic (exact) mass is 736 g/mol. The van der Waals surface area contributed by atoms with Gasteiger partial charge in [0.2, 0.25) is 11.8 Å². The van der Waals surface area contributed by atoms with Crippen molar-refractivity contribution in [3.05, 3.63) is 52.0 Å². The first-order valence-electron chi connectivity index (χ1n) is 12.7. The van der Waals surface area contributed by atoms with Crippen molar-refractivity contribution in [1.29, 1.82) is 0 Å². The first-order valence-corrected chi connectivity index (χ1v) is 15.6. The van der Waals surface area contributed by atoms with Crippen molar-refractivity contribution in [2.75, 3.05) is 37.7 Å². The molecule has 3 N–H and O–H groups in total. The number of ketones is 1. The maximum atomic E-state index is 13.7. The maximum absolute atomic E-state index is 13.7. The minimum absolute atomic E-state index is 0.0837. The highest BCUT2D eigenvalue weighted by Crippen LogP contribution is 2.21. The number of esters is 1. The van der Waals surface area contributed by atoms with Crippen LogP contribution in [0.3, 0.4) is 0 Å². The lowest BCUT2D eigenvalue weighted by Gasteiger charge is -2.31. The van der Waals surface area contributed by atoms with E-state index in [2.05, 4.69) is 20.9 Å². The topological polar surface area (TPSA) is 162 Å². The second-order valence-corrected chi connectivity index (χ2v) is 11.6. The standard InChI is InChI=1S/C27H34ClIN4O8S/c1-16-30-12-21(42-16)26(38)33-20(14-40-4)25(37)32-19(13-39-3)24(36)31-18(10-17-8-6-5-7-9-17)23(35)27(2,15-29)41-22(34)11-28/h5-9,12,18-20H,10-11,13-15H2,1-4H3,(H,31,36)(H,32,37)(H,33,38)/t18-,19-,20-,27?/m0/s1. The molecule has 0 aliphatic carbocycles. The molecule has 0 bridgehead atoms. The highest BCUT2D eigenvalue weighted by molar-refractivity contribution is 14.1. The van der Waals surface area contributed by atoms with Crippen LogP contribution in [0, 0.1) is 6.92 Å². The van der Waals surface area contributed by atoms with Gasteiger partial charge in [-0.1, -0.05) is 52.9 Å². The molecule has 2 rings (SSSR count). The number of alkyl halides is 2. The summed E-state index contributed by atoms with van der Waals surface area (Å²) in [5.41, 5.74) is -0.841. The van der Waals surface area contributed by atoms with Gasteiger partial charge < -0.3 is 30.2 Å². The smallest absolute Gasteiger partial charge is 0.321 e. The van der Waals surface area contributed by atoms with Crippen LogP contribution in [0.5, 0.6) is 0 Å². The van der Waals surface area contributed by atoms with Crippen molar-refractivity contribution in [2.24, 2.45) is 0 Å². The van der Waals surface area contributed by atoms with Gasteiger partial charge in [0.1, 0.15) is 22.8 Å². The third kappa shape index (κ3) is 10.6. The SMILES string of the molecule is COC[C@H](NC(=O)c1cnc(C)s1)C(=O)N[C@@H](COC)C(=O)N[C@@H](Cc1ccccc1)C(=O)C(C)(CI)OC(=O)CCl. The zero-order chi connectivity index (χ0) is 31.3. The van der Waals surface area contributed by atoms with Gasteiger partial charge in [-0.15, -0.1) is 22.9 Å². The van der Waals surface area contributed by atoms with E-state index < -0.39 is 59.1 Å². The highest BCUT2D eigenvalue weighted by atomic mass is 127. The maximum Gasteiger partial charge on any atom is 0.321 e. The largest absolute Gasteiger partial charge is 0.450 e. The summed E-state index contributed by atoms with van der Waals surface area (Å²) in [4.78, 5) is 69.4. The number of rotatable bonds is 17. The number of benzene rings is 1. The van der Waals surface area contributed by atoms with E-state index >= 15 is 0 Å². The molecule has 0 radical (unpaired) electrons. The molecule has 12 nitrogen and oxygen atoms in total. The lowest BCUT2D eigenvalue weighted by molar-refractivity contribution is -0.161. The van der Waals surface area contributed by atoms with Crippen molar-refractivity contribution in [1.82, 2.24) is 20.9 Å². The molecule has 4 atom stereocenters. The fraction of sp³-hybridized carbons (Fsp3) is 0.481. The fourth-order valence-corrected chi connectivity index (χ4v) is 5.06. The molecular weight excluding hydrogens is 703 g/mol. The number of carbonyl (C=O) groups is 5. The van der Waals surface area contributed by atoms with E-state index in [1.807, 2.05) is 28.7 Å². The normalized spacial score (nSPS) is 14.5. The lowest BCUT2D eigenvalue weighted by Crippen LogP contribution is -2.60. The summed E-state index contributed by atoms with van der Waals surface area (Å²) in [7, 11) is 2.71. The van der Waals surface area contributed by atoms with Crippen molar-refractivity contribution >= 4 is 75.0 Å². The molecule has 0 fully saturated rings. The van der Waals surface area contributed by atoms with Crippen molar-refractivity contribution in [3.8, 4) is 0 Å². The number of ether oxygens (including phenoxy) is 3. The van der Waals surface area contributed by atoms with Gasteiger partial charge >= 0.3 is 5.97 Å². The van der Waals surface area contributed by atoms with Gasteiger partial charge in [-0.05, 0) is 25.8 Å². The summed E-state index contributed by atoms with van der Waals surface area (Å²) in [6, 6.07) is 5.44. The Hall–Kier alpha value is -2.66. The third-order valence-corrected chi connectivity index (χ3v) is 8.49. The zero-order valence-electron chi connectivity index (χ0n) is 23.6. The first kappa shape index (κ1) is 35.5. The molecule has 0 spiro atoms. The van der Waals surface area contributed by atoms with Crippen molar-refractivity contribution in [3.63, 3.8) is 0 Å². The molecule has 0 aliphatic heterocycles. The first-order chi connectivity index (χ1) is 20.0. The van der Waals surface area contributed by atoms with Crippen LogP contribution in [0.2, 0.25) is 0 Å². The number of hydrogen-bond donors (Lipinski definition) is 3. The molecule has 1 aromatic carbocycles. The number of Topliss-reactive ketones (excluding diaryl/α,β-unsaturated/α-hetero) is 1. The van der Waals surface area contributed by atoms with E-state index in [9.17, 15) is 24.0 Å². The zero-order valence-corrected chi connectivity index (χ0v) is 27.3. The predicted molar refractivity (Wildman–Crippen MR) is 165 cm³/mol. The van der Waals surface area contributed by atoms with Gasteiger partial charge in [-0.25, -0.2) is 4.98 Å². The van der Waals surface area contributed by atoms with Crippen LogP contribution in [-0.4, -0.2) is 95.9 Å². The van der Waals surface area contributed by atoms with Crippen molar-refractivity contribution in [2.45, 2.75) is 44.0 Å². The number of carbonyl (C=O) groups excluding carboxylic acids is 5. The second-order valence-electron chi connectivity index (χ2n) is 9.33. The Labute approximate surface area is 266 Å². The number of thiazole rings is 1. The van der Waals surface area contributed by atoms with E-state index in [4.69, 9.17) is 25.8 Å². The quantitative estimate of drug-likeness (QED) is 0.125. The van der Waals surface area contributed by atoms with Crippen molar-refractivity contribution < 1.29 is 38.2 Å². The molecule has 1 unspecified atom stereocenters. The molecule has 42 heavy (non-hydrogen) atoms. The summed E-state index contributed by atoms with van der Waals surface area (Å²) in [6.45, 7) is 2.78. The summed E-state index contributed by atoms with van der Waals surface area (Å²) in [6.07, 6.45) is 1.48. The van der Waals surface area contributed by atoms with Crippen LogP contribution in [0.15, 0.2) is 36.5 Å². The molecule has 230 valence electrons. The number of methoxy groups -OCH3 is 2. The van der Waals surface area contributed by atoms with Gasteiger partial charge in [-0.3, -0.25) is 24.0 Å². The van der Waals surface area contributed by atoms with E-state index in [1.165, 1.54) is 27.3 Å². The molecule has 1 aromatic heterocycles. The van der Waals surface area contributed by atoms with Gasteiger partial charge in [0.25, 0.3) is 5.91 Å². The summed E-state index contributed by atoms with van der Waals surface area (Å²) in [5, 5.41) is 8.52. The number of nitrogens with one attached hydrogen (secondary N) is 3. The average molecular weight is 737 g/mol. The molecule has 3 amide bonds. The molecular formula is C27H34ClIN4O8S. The van der Waals surface area contributed by atoms with Gasteiger partial charge in [-0.2, -0.15) is 0 Å². The third-order valence-electron chi connectivity index (χ3n) is 5.91. The summed E-state index contributed by atoms with van der Waals surface area (Å²) in [5.74, 6) is -3.73. The van der Waals surface area contributed by atoms with E-state index in [1.54, 1.807) is 31.2 Å². The molecule has 15 heteroatoms. The molecule has 0 saturated heterocycles. The number of aryl methyl sites for hydroxylation is 1. The number of amides is 3. The van der Waals surface area contributed by atoms with Gasteiger partial charge in [0.15, 0.2) is 11.4 Å². The Bertz CT molecular complexity index is 1230. The Morgan fingerprint density at radius 2 is 1.55 bits per heavy atom. The average Bonchev–Trinajstić information content (AvgIpc) is 3.42. The molecule has 2 aromatic rings. The molecule has 0 saturated carbocycles. The Morgan fingerprint density at radius 3 is 2.05 bits per heavy atom. The highest BCUT2D eigenvalue weighted by Gasteiger charge is 2.42. The second kappa shape index (κ2) is 17.5. The van der Waals surface area contributed by atoms with Crippen LogP contribution in [0.4, 0.5) is 0 Å². The minimum Gasteiger partial charge on any atom is -0.450 e. The Balaban J connectivity index is 2.27. The predicted octanol–water partition coefficient (Wildman–Crippen LogP) is 1.60. The van der Waals surface area contributed by atoms with Gasteiger partial charge in [0, 0.05) is 18.6 Å². The van der Waals surface area contributed by atoms with Gasteiger partial charge in [0.05, 0.1) is 30.5 Å². The minimum atomic E-state index is -1.58. The fourth-order valence-electron chi connectivity index (χ4n) is 3.79. The Kier molecular flexibility index (Phi) is 14.8. The number of hydrogen-bond acceptors (Lipinski definition) is 10. The number of nitrogens with zero attached hydrogens (tertiary/aromatic N) is 1. The van der Waals surface area contributed by atoms with Crippen LogP contribution in [0.25, 0.3) is 0 Å². The molecule has 1 heterocycles. The van der Waals surface area contributed by atoms with E-state index in [0.29, 0.717) is 9.88 Å². The Morgan fingerprint density at radius 1 is 0.976 bits per heavy atom. The van der Waals surface area contributed by atoms with E-state index in [0.717, 1.165) is 16.9 Å². The van der Waals surface area contributed by atoms with E-state index in [-0.39, 0.29) is 24.1 Å². The van der Waals surface area contributed by atoms with Crippen LogP contribution in [0.1, 0.15) is 27.2 Å². The summed E-state index contributed by atoms with van der Waals surface area (Å²) < 4.78 is 15.7. The van der Waals surface area contributed by atoms with Crippen LogP contribution < -0.4 is 16.0 Å². The number of aromatic nitrogens is 1. The van der Waals surface area contributed by atoms with Crippen LogP contribution >= 0.6 is 45.5 Å². The lowest BCUT2D eigenvalue weighted by atomic mass is 9.92. The molecule has 0 aliphatic rings. The summed E-state index contributed by atoms with van der Waals surface area (Å²) >= 11 is 8.69. The van der Waals surface area contributed by atoms with Crippen LogP contribution in [-0.2, 0) is 39.8 Å².